The predicted octanol–water partition coefficient (Wildman–Crippen LogP) is 9.27. The van der Waals surface area contributed by atoms with Crippen molar-refractivity contribution in [3.8, 4) is 23.4 Å². The number of azo groups is 3. The summed E-state index contributed by atoms with van der Waals surface area (Å²) < 4.78 is 181. The van der Waals surface area contributed by atoms with Crippen LogP contribution in [0.15, 0.2) is 105 Å². The first-order valence-electron chi connectivity index (χ1n) is 23.1. The summed E-state index contributed by atoms with van der Waals surface area (Å²) in [5.74, 6) is -2.16. The van der Waals surface area contributed by atoms with Gasteiger partial charge < -0.3 is 19.7 Å². The first-order chi connectivity index (χ1) is 38.3. The number of rotatable bonds is 21. The van der Waals surface area contributed by atoms with Gasteiger partial charge in [-0.25, -0.2) is 9.97 Å². The van der Waals surface area contributed by atoms with Crippen molar-refractivity contribution in [2.45, 2.75) is 59.8 Å². The van der Waals surface area contributed by atoms with Crippen molar-refractivity contribution in [2.24, 2.45) is 30.7 Å². The summed E-state index contributed by atoms with van der Waals surface area (Å²) in [5, 5.41) is 57.9. The monoisotopic (exact) mass is 1260 g/mol. The Balaban J connectivity index is 1.19. The number of benzene rings is 5. The van der Waals surface area contributed by atoms with E-state index in [1.165, 1.54) is 37.3 Å². The number of hydrogen-bond donors (Lipinski definition) is 7. The molecule has 7 N–H and O–H groups in total. The second-order valence-corrected chi connectivity index (χ2v) is 27.1. The number of imidazole rings is 1. The lowest BCUT2D eigenvalue weighted by Gasteiger charge is -2.12. The third-order valence-corrected chi connectivity index (χ3v) is 18.3. The van der Waals surface area contributed by atoms with Gasteiger partial charge in [-0.3, -0.25) is 27.2 Å². The highest BCUT2D eigenvalue weighted by Gasteiger charge is 2.27. The van der Waals surface area contributed by atoms with Crippen LogP contribution in [-0.2, 0) is 57.2 Å². The van der Waals surface area contributed by atoms with Crippen molar-refractivity contribution < 1.29 is 84.5 Å². The van der Waals surface area contributed by atoms with Crippen LogP contribution in [0.25, 0.3) is 37.7 Å². The first kappa shape index (κ1) is 60.8. The van der Waals surface area contributed by atoms with Gasteiger partial charge in [0.2, 0.25) is 11.0 Å². The predicted molar refractivity (Wildman–Crippen MR) is 296 cm³/mol. The molecule has 3 aromatic heterocycles. The van der Waals surface area contributed by atoms with E-state index in [0.29, 0.717) is 16.0 Å². The zero-order chi connectivity index (χ0) is 60.0. The zero-order valence-corrected chi connectivity index (χ0v) is 48.2. The number of nitriles is 1. The Morgan fingerprint density at radius 3 is 1.93 bits per heavy atom. The van der Waals surface area contributed by atoms with Crippen molar-refractivity contribution >= 4 is 145 Å². The molecule has 0 saturated heterocycles. The number of thiazole rings is 1. The molecule has 8 aromatic rings. The molecule has 432 valence electrons. The molecule has 0 aliphatic carbocycles. The minimum atomic E-state index is -4.99. The topological polar surface area (TPSA) is 459 Å². The van der Waals surface area contributed by atoms with Crippen molar-refractivity contribution in [1.29, 1.82) is 5.26 Å². The van der Waals surface area contributed by atoms with Crippen LogP contribution in [0, 0.1) is 32.1 Å². The van der Waals surface area contributed by atoms with E-state index in [1.54, 1.807) is 13.8 Å². The van der Waals surface area contributed by atoms with Gasteiger partial charge in [0, 0.05) is 28.0 Å². The molecular formula is C46H42N10O19S7. The molecule has 3 heterocycles. The standard InChI is InChI=1S/C46H42N10O19S7/c1-22-11-33(52-54-41-24(3)29(20-47)44-48-32-18-39(81(68,69)70)37(74-4)19-35(32)56(44)45(41)58)36(75-7-5-9-78(59,60)61)16-30(22)50-53-34-12-23(2)31(17-38(34)76-8-6-10-79(62,63)64)51-55-46-49-42-40(82(71,72)73)15-27-25(21-57)13-26(80(65,66)67)14-28(27)43(42)77-46/h11-19,57-58H,5-10,21H2,1-4H3,(H,59,60,61)(H,62,63,64)(H,65,66,67)(H,68,69,70)(H,71,72,73). The minimum Gasteiger partial charge on any atom is -0.495 e. The fourth-order valence-electron chi connectivity index (χ4n) is 8.14. The van der Waals surface area contributed by atoms with Gasteiger partial charge in [0.25, 0.3) is 50.6 Å². The van der Waals surface area contributed by atoms with Crippen LogP contribution in [0.2, 0.25) is 0 Å². The minimum absolute atomic E-state index is 0.00518. The molecule has 0 atom stereocenters. The fraction of sp³-hybridized carbons (Fsp3) is 0.239. The highest BCUT2D eigenvalue weighted by Crippen LogP contribution is 2.45. The lowest BCUT2D eigenvalue weighted by molar-refractivity contribution is 0.283. The van der Waals surface area contributed by atoms with Crippen LogP contribution in [0.4, 0.5) is 33.6 Å². The van der Waals surface area contributed by atoms with Crippen LogP contribution in [0.3, 0.4) is 0 Å². The maximum atomic E-state index is 12.6. The lowest BCUT2D eigenvalue weighted by Crippen LogP contribution is -2.08. The Hall–Kier alpha value is -7.25. The number of aliphatic hydroxyl groups is 1. The maximum Gasteiger partial charge on any atom is 0.298 e. The van der Waals surface area contributed by atoms with Gasteiger partial charge >= 0.3 is 0 Å². The second kappa shape index (κ2) is 23.2. The summed E-state index contributed by atoms with van der Waals surface area (Å²) in [6, 6.07) is 13.0. The summed E-state index contributed by atoms with van der Waals surface area (Å²) in [5.41, 5.74) is 0.443. The highest BCUT2D eigenvalue weighted by molar-refractivity contribution is 7.99. The number of aryl methyl sites for hydroxylation is 2. The van der Waals surface area contributed by atoms with Gasteiger partial charge in [0.1, 0.15) is 44.1 Å². The number of ether oxygens (including phenoxy) is 2. The quantitative estimate of drug-likeness (QED) is 0.0152. The van der Waals surface area contributed by atoms with E-state index >= 15 is 0 Å². The Morgan fingerprint density at radius 1 is 0.683 bits per heavy atom. The largest absolute Gasteiger partial charge is 0.495 e. The molecule has 0 aliphatic rings. The molecule has 8 rings (SSSR count). The highest BCUT2D eigenvalue weighted by atomic mass is 32.2. The number of hydrogen-bond acceptors (Lipinski definition) is 25. The molecule has 82 heavy (non-hydrogen) atoms. The van der Waals surface area contributed by atoms with E-state index in [-0.39, 0.29) is 125 Å². The molecule has 0 radical (unpaired) electrons. The van der Waals surface area contributed by atoms with E-state index in [0.717, 1.165) is 58.9 Å². The normalized spacial score (nSPS) is 13.0. The Bertz CT molecular complexity index is 4710. The molecule has 36 heteroatoms. The van der Waals surface area contributed by atoms with Crippen molar-refractivity contribution in [1.82, 2.24) is 14.4 Å². The van der Waals surface area contributed by atoms with Gasteiger partial charge in [0.05, 0.1) is 69.5 Å². The number of aromatic nitrogens is 3. The van der Waals surface area contributed by atoms with Crippen LogP contribution in [-0.4, -0.2) is 120 Å². The van der Waals surface area contributed by atoms with Gasteiger partial charge in [-0.1, -0.05) is 11.3 Å². The number of aromatic hydroxyl groups is 1. The zero-order valence-electron chi connectivity index (χ0n) is 42.5. The van der Waals surface area contributed by atoms with E-state index < -0.39 is 89.3 Å². The molecule has 0 amide bonds. The Morgan fingerprint density at radius 2 is 1.30 bits per heavy atom. The van der Waals surface area contributed by atoms with E-state index in [4.69, 9.17) is 9.47 Å². The summed E-state index contributed by atoms with van der Waals surface area (Å²) in [6.45, 7) is 3.56. The molecule has 0 aliphatic heterocycles. The number of methoxy groups -OCH3 is 1. The number of pyridine rings is 1. The average Bonchev–Trinajstić information content (AvgIpc) is 4.19. The third kappa shape index (κ3) is 13.3. The molecule has 0 bridgehead atoms. The second-order valence-electron chi connectivity index (χ2n) is 17.6. The molecule has 5 aromatic carbocycles. The summed E-state index contributed by atoms with van der Waals surface area (Å²) >= 11 is 1.82. The lowest BCUT2D eigenvalue weighted by atomic mass is 10.0. The smallest absolute Gasteiger partial charge is 0.298 e. The van der Waals surface area contributed by atoms with Gasteiger partial charge in [-0.05, 0) is 104 Å². The van der Waals surface area contributed by atoms with Crippen molar-refractivity contribution in [2.75, 3.05) is 31.0 Å². The van der Waals surface area contributed by atoms with Crippen LogP contribution in [0.1, 0.15) is 40.7 Å². The van der Waals surface area contributed by atoms with Gasteiger partial charge in [-0.15, -0.1) is 37.3 Å². The molecular weight excluding hydrogens is 1220 g/mol. The molecule has 0 spiro atoms. The first-order valence-corrected chi connectivity index (χ1v) is 32.4. The molecule has 29 nitrogen and oxygen atoms in total. The van der Waals surface area contributed by atoms with E-state index in [1.807, 2.05) is 6.07 Å². The van der Waals surface area contributed by atoms with Crippen LogP contribution in [0.5, 0.6) is 17.4 Å². The number of aliphatic hydroxyl groups excluding tert-OH is 1. The average molecular weight is 1260 g/mol. The van der Waals surface area contributed by atoms with Crippen LogP contribution >= 0.6 is 23.1 Å². The van der Waals surface area contributed by atoms with E-state index in [2.05, 4.69) is 40.7 Å². The number of thioether (sulfide) groups is 1. The summed E-state index contributed by atoms with van der Waals surface area (Å²) in [4.78, 5) is 6.98. The van der Waals surface area contributed by atoms with Crippen molar-refractivity contribution in [3.05, 3.63) is 82.4 Å². The molecule has 0 unspecified atom stereocenters. The summed E-state index contributed by atoms with van der Waals surface area (Å²) in [7, 11) is -22.2. The Kier molecular flexibility index (Phi) is 17.2. The molecule has 0 fully saturated rings. The fourth-order valence-corrected chi connectivity index (χ4v) is 13.1. The third-order valence-electron chi connectivity index (χ3n) is 12.0. The van der Waals surface area contributed by atoms with Gasteiger partial charge in [0.15, 0.2) is 11.3 Å². The van der Waals surface area contributed by atoms with Crippen molar-refractivity contribution in [3.63, 3.8) is 0 Å². The SMILES string of the molecule is COc1cc2c(cc1S(=O)(=O)O)nc1c(C#N)c(C)c(N=Nc3cc(C)c(N=Nc4cc(C)c(N=Nc5nc6c(S(=O)(=O)O)cc7c(CO)cc(S(=O)(=O)O)cc7c6s5)cc4SCCCS(=O)(=O)O)cc3OCCCS(=O)(=O)O)c(O)n12. The maximum absolute atomic E-state index is 12.6. The number of nitrogens with zero attached hydrogens (tertiary/aromatic N) is 10. The van der Waals surface area contributed by atoms with Gasteiger partial charge in [-0.2, -0.15) is 52.5 Å². The summed E-state index contributed by atoms with van der Waals surface area (Å²) in [6.07, 6.45) is -0.232. The Labute approximate surface area is 473 Å². The van der Waals surface area contributed by atoms with Crippen LogP contribution < -0.4 is 9.47 Å². The number of fused-ring (bicyclic) bond motifs is 6. The molecule has 0 saturated carbocycles. The van der Waals surface area contributed by atoms with E-state index in [9.17, 15) is 80.3 Å².